The van der Waals surface area contributed by atoms with Gasteiger partial charge in [0.25, 0.3) is 0 Å². The number of aryl methyl sites for hydroxylation is 2. The molecule has 2 heteroatoms. The fourth-order valence-corrected chi connectivity index (χ4v) is 3.07. The van der Waals surface area contributed by atoms with Gasteiger partial charge in [0.1, 0.15) is 0 Å². The van der Waals surface area contributed by atoms with Crippen LogP contribution in [-0.2, 0) is 11.2 Å². The molecule has 2 nitrogen and oxygen atoms in total. The molecule has 18 heavy (non-hydrogen) atoms. The second-order valence-electron chi connectivity index (χ2n) is 5.62. The second-order valence-corrected chi connectivity index (χ2v) is 5.62. The van der Waals surface area contributed by atoms with E-state index >= 15 is 0 Å². The van der Waals surface area contributed by atoms with Crippen molar-refractivity contribution in [3.8, 4) is 0 Å². The highest BCUT2D eigenvalue weighted by atomic mass is 16.4. The zero-order chi connectivity index (χ0) is 13.1. The molecule has 1 saturated carbocycles. The van der Waals surface area contributed by atoms with Gasteiger partial charge in [0.05, 0.1) is 5.92 Å². The summed E-state index contributed by atoms with van der Waals surface area (Å²) in [4.78, 5) is 11.5. The molecule has 1 N–H and O–H groups in total. The Morgan fingerprint density at radius 1 is 1.33 bits per heavy atom. The van der Waals surface area contributed by atoms with E-state index in [4.69, 9.17) is 0 Å². The van der Waals surface area contributed by atoms with Crippen LogP contribution >= 0.6 is 0 Å². The van der Waals surface area contributed by atoms with E-state index in [1.807, 2.05) is 0 Å². The third-order valence-electron chi connectivity index (χ3n) is 4.23. The SMILES string of the molecule is Cc1ccc(C)c(CC(C(=O)O)C2CCCC2)c1. The van der Waals surface area contributed by atoms with Crippen LogP contribution in [0, 0.1) is 25.7 Å². The lowest BCUT2D eigenvalue weighted by molar-refractivity contribution is -0.143. The summed E-state index contributed by atoms with van der Waals surface area (Å²) in [6, 6.07) is 6.32. The molecule has 0 saturated heterocycles. The fraction of sp³-hybridized carbons (Fsp3) is 0.562. The van der Waals surface area contributed by atoms with Crippen LogP contribution < -0.4 is 0 Å². The summed E-state index contributed by atoms with van der Waals surface area (Å²) >= 11 is 0. The zero-order valence-electron chi connectivity index (χ0n) is 11.3. The van der Waals surface area contributed by atoms with Crippen molar-refractivity contribution in [2.24, 2.45) is 11.8 Å². The van der Waals surface area contributed by atoms with E-state index in [-0.39, 0.29) is 5.92 Å². The number of carboxylic acid groups (broad SMARTS) is 1. The zero-order valence-corrected chi connectivity index (χ0v) is 11.3. The fourth-order valence-electron chi connectivity index (χ4n) is 3.07. The van der Waals surface area contributed by atoms with Crippen LogP contribution in [0.4, 0.5) is 0 Å². The van der Waals surface area contributed by atoms with Crippen molar-refractivity contribution in [3.63, 3.8) is 0 Å². The lowest BCUT2D eigenvalue weighted by Crippen LogP contribution is -2.24. The van der Waals surface area contributed by atoms with Crippen LogP contribution in [0.25, 0.3) is 0 Å². The average molecular weight is 246 g/mol. The van der Waals surface area contributed by atoms with Crippen molar-refractivity contribution in [1.29, 1.82) is 0 Å². The molecule has 98 valence electrons. The van der Waals surface area contributed by atoms with Gasteiger partial charge < -0.3 is 5.11 Å². The highest BCUT2D eigenvalue weighted by molar-refractivity contribution is 5.71. The number of carboxylic acids is 1. The van der Waals surface area contributed by atoms with Crippen molar-refractivity contribution in [2.45, 2.75) is 46.0 Å². The standard InChI is InChI=1S/C16H22O2/c1-11-7-8-12(2)14(9-11)10-15(16(17)18)13-5-3-4-6-13/h7-9,13,15H,3-6,10H2,1-2H3,(H,17,18). The Morgan fingerprint density at radius 2 is 2.00 bits per heavy atom. The van der Waals surface area contributed by atoms with Crippen LogP contribution in [-0.4, -0.2) is 11.1 Å². The Kier molecular flexibility index (Phi) is 4.05. The lowest BCUT2D eigenvalue weighted by Gasteiger charge is -2.20. The van der Waals surface area contributed by atoms with E-state index in [0.717, 1.165) is 12.8 Å². The van der Waals surface area contributed by atoms with Gasteiger partial charge in [-0.3, -0.25) is 4.79 Å². The van der Waals surface area contributed by atoms with E-state index < -0.39 is 5.97 Å². The third kappa shape index (κ3) is 2.92. The van der Waals surface area contributed by atoms with Crippen LogP contribution in [0.5, 0.6) is 0 Å². The van der Waals surface area contributed by atoms with Gasteiger partial charge in [-0.1, -0.05) is 36.6 Å². The minimum absolute atomic E-state index is 0.201. The van der Waals surface area contributed by atoms with Gasteiger partial charge in [0.15, 0.2) is 0 Å². The first kappa shape index (κ1) is 13.1. The number of aliphatic carboxylic acids is 1. The highest BCUT2D eigenvalue weighted by Crippen LogP contribution is 2.34. The smallest absolute Gasteiger partial charge is 0.307 e. The van der Waals surface area contributed by atoms with E-state index in [1.54, 1.807) is 0 Å². The van der Waals surface area contributed by atoms with Gasteiger partial charge >= 0.3 is 5.97 Å². The molecule has 0 spiro atoms. The van der Waals surface area contributed by atoms with Crippen LogP contribution in [0.3, 0.4) is 0 Å². The molecular weight excluding hydrogens is 224 g/mol. The van der Waals surface area contributed by atoms with E-state index in [9.17, 15) is 9.90 Å². The molecule has 1 aromatic carbocycles. The third-order valence-corrected chi connectivity index (χ3v) is 4.23. The molecule has 0 aromatic heterocycles. The normalized spacial score (nSPS) is 17.9. The molecule has 0 radical (unpaired) electrons. The topological polar surface area (TPSA) is 37.3 Å². The molecule has 1 aromatic rings. The summed E-state index contributed by atoms with van der Waals surface area (Å²) < 4.78 is 0. The molecule has 1 fully saturated rings. The Bertz CT molecular complexity index is 431. The summed E-state index contributed by atoms with van der Waals surface area (Å²) in [6.07, 6.45) is 5.25. The predicted octanol–water partition coefficient (Wildman–Crippen LogP) is 3.74. The van der Waals surface area contributed by atoms with Crippen molar-refractivity contribution in [2.75, 3.05) is 0 Å². The summed E-state index contributed by atoms with van der Waals surface area (Å²) in [5.41, 5.74) is 3.63. The molecule has 0 bridgehead atoms. The van der Waals surface area contributed by atoms with Gasteiger partial charge in [-0.25, -0.2) is 0 Å². The van der Waals surface area contributed by atoms with Crippen molar-refractivity contribution >= 4 is 5.97 Å². The maximum absolute atomic E-state index is 11.5. The summed E-state index contributed by atoms with van der Waals surface area (Å²) in [7, 11) is 0. The molecule has 1 unspecified atom stereocenters. The number of carbonyl (C=O) groups is 1. The Balaban J connectivity index is 2.17. The second kappa shape index (κ2) is 5.55. The molecule has 1 aliphatic carbocycles. The summed E-state index contributed by atoms with van der Waals surface area (Å²) in [5, 5.41) is 9.46. The maximum Gasteiger partial charge on any atom is 0.307 e. The van der Waals surface area contributed by atoms with Gasteiger partial charge in [0.2, 0.25) is 0 Å². The monoisotopic (exact) mass is 246 g/mol. The van der Waals surface area contributed by atoms with Gasteiger partial charge in [0, 0.05) is 0 Å². The average Bonchev–Trinajstić information content (AvgIpc) is 2.83. The van der Waals surface area contributed by atoms with Crippen LogP contribution in [0.1, 0.15) is 42.4 Å². The largest absolute Gasteiger partial charge is 0.481 e. The number of hydrogen-bond acceptors (Lipinski definition) is 1. The Labute approximate surface area is 109 Å². The number of benzene rings is 1. The van der Waals surface area contributed by atoms with Crippen LogP contribution in [0.15, 0.2) is 18.2 Å². The van der Waals surface area contributed by atoms with Crippen molar-refractivity contribution < 1.29 is 9.90 Å². The molecule has 1 atom stereocenters. The quantitative estimate of drug-likeness (QED) is 0.878. The Hall–Kier alpha value is -1.31. The first-order chi connectivity index (χ1) is 8.58. The molecular formula is C16H22O2. The van der Waals surface area contributed by atoms with E-state index in [0.29, 0.717) is 12.3 Å². The lowest BCUT2D eigenvalue weighted by atomic mass is 9.84. The Morgan fingerprint density at radius 3 is 2.61 bits per heavy atom. The minimum Gasteiger partial charge on any atom is -0.481 e. The molecule has 1 aliphatic rings. The maximum atomic E-state index is 11.5. The van der Waals surface area contributed by atoms with E-state index in [1.165, 1.54) is 29.5 Å². The summed E-state index contributed by atoms with van der Waals surface area (Å²) in [5.74, 6) is -0.446. The highest BCUT2D eigenvalue weighted by Gasteiger charge is 2.30. The molecule has 0 aliphatic heterocycles. The summed E-state index contributed by atoms with van der Waals surface area (Å²) in [6.45, 7) is 4.14. The van der Waals surface area contributed by atoms with Crippen LogP contribution in [0.2, 0.25) is 0 Å². The van der Waals surface area contributed by atoms with Crippen molar-refractivity contribution in [3.05, 3.63) is 34.9 Å². The first-order valence-corrected chi connectivity index (χ1v) is 6.87. The number of hydrogen-bond donors (Lipinski definition) is 1. The van der Waals surface area contributed by atoms with Gasteiger partial charge in [-0.05, 0) is 50.2 Å². The van der Waals surface area contributed by atoms with Gasteiger partial charge in [-0.2, -0.15) is 0 Å². The van der Waals surface area contributed by atoms with E-state index in [2.05, 4.69) is 32.0 Å². The van der Waals surface area contributed by atoms with Crippen molar-refractivity contribution in [1.82, 2.24) is 0 Å². The molecule has 0 heterocycles. The predicted molar refractivity (Wildman–Crippen MR) is 72.7 cm³/mol. The minimum atomic E-state index is -0.622. The molecule has 0 amide bonds. The molecule has 2 rings (SSSR count). The number of rotatable bonds is 4. The van der Waals surface area contributed by atoms with Gasteiger partial charge in [-0.15, -0.1) is 0 Å². The first-order valence-electron chi connectivity index (χ1n) is 6.87.